The summed E-state index contributed by atoms with van der Waals surface area (Å²) >= 11 is 0. The maximum atomic E-state index is 13.5. The molecule has 4 rings (SSSR count). The Morgan fingerprint density at radius 2 is 1.43 bits per heavy atom. The molecule has 0 spiro atoms. The van der Waals surface area contributed by atoms with Gasteiger partial charge in [-0.2, -0.15) is 0 Å². The molecule has 1 aliphatic rings. The van der Waals surface area contributed by atoms with Crippen molar-refractivity contribution in [2.45, 2.75) is 24.7 Å². The second-order valence-corrected chi connectivity index (χ2v) is 9.21. The van der Waals surface area contributed by atoms with Crippen LogP contribution in [-0.4, -0.2) is 59.4 Å². The van der Waals surface area contributed by atoms with Crippen molar-refractivity contribution in [1.29, 1.82) is 0 Å². The van der Waals surface area contributed by atoms with E-state index in [0.717, 1.165) is 48.6 Å². The smallest absolute Gasteiger partial charge is 0.326 e. The number of carbonyl (C=O) groups is 1. The average Bonchev–Trinajstić information content (AvgIpc) is 3.21. The lowest BCUT2D eigenvalue weighted by Gasteiger charge is -2.28. The van der Waals surface area contributed by atoms with Gasteiger partial charge in [-0.15, -0.1) is 0 Å². The first-order valence-corrected chi connectivity index (χ1v) is 12.4. The van der Waals surface area contributed by atoms with Crippen LogP contribution in [0, 0.1) is 0 Å². The summed E-state index contributed by atoms with van der Waals surface area (Å²) in [6.07, 6.45) is 2.29. The van der Waals surface area contributed by atoms with Crippen molar-refractivity contribution in [3.8, 4) is 28.7 Å². The van der Waals surface area contributed by atoms with Crippen molar-refractivity contribution in [2.75, 3.05) is 48.6 Å². The Morgan fingerprint density at radius 3 is 2.11 bits per heavy atom. The molecule has 0 saturated carbocycles. The van der Waals surface area contributed by atoms with E-state index in [1.165, 1.54) is 5.56 Å². The van der Waals surface area contributed by atoms with Gasteiger partial charge < -0.3 is 28.6 Å². The van der Waals surface area contributed by atoms with Crippen LogP contribution in [0.5, 0.6) is 28.7 Å². The van der Waals surface area contributed by atoms with Crippen molar-refractivity contribution in [1.82, 2.24) is 4.90 Å². The number of methoxy groups -OCH3 is 4. The number of likely N-dealkylation sites (N-methyl/N-ethyl adjacent to an activating group) is 1. The highest BCUT2D eigenvalue weighted by Crippen LogP contribution is 2.51. The van der Waals surface area contributed by atoms with E-state index in [-0.39, 0.29) is 5.97 Å². The molecule has 3 aromatic rings. The molecule has 0 fully saturated rings. The number of fused-ring (bicyclic) bond motifs is 1. The number of rotatable bonds is 12. The van der Waals surface area contributed by atoms with Crippen molar-refractivity contribution in [3.05, 3.63) is 77.4 Å². The highest BCUT2D eigenvalue weighted by Gasteiger charge is 2.50. The molecule has 196 valence electrons. The van der Waals surface area contributed by atoms with Gasteiger partial charge in [0.2, 0.25) is 0 Å². The fourth-order valence-corrected chi connectivity index (χ4v) is 5.03. The summed E-state index contributed by atoms with van der Waals surface area (Å²) in [5.41, 5.74) is 2.01. The summed E-state index contributed by atoms with van der Waals surface area (Å²) in [6, 6.07) is 19.5. The Labute approximate surface area is 218 Å². The molecule has 3 aromatic carbocycles. The number of hydrogen-bond acceptors (Lipinski definition) is 7. The minimum atomic E-state index is -0.902. The maximum Gasteiger partial charge on any atom is 0.326 e. The zero-order chi connectivity index (χ0) is 26.4. The first-order chi connectivity index (χ1) is 18.0. The Balaban J connectivity index is 1.50. The molecule has 0 saturated heterocycles. The van der Waals surface area contributed by atoms with Crippen LogP contribution in [-0.2, 0) is 16.6 Å². The predicted molar refractivity (Wildman–Crippen MR) is 142 cm³/mol. The lowest BCUT2D eigenvalue weighted by Crippen LogP contribution is -2.36. The van der Waals surface area contributed by atoms with Crippen LogP contribution >= 0.6 is 0 Å². The molecular weight excluding hydrogens is 470 g/mol. The summed E-state index contributed by atoms with van der Waals surface area (Å²) in [5.74, 6) is 2.83. The molecule has 0 aliphatic carbocycles. The fraction of sp³-hybridized carbons (Fsp3) is 0.367. The number of carbonyl (C=O) groups excluding carboxylic acids is 1. The first kappa shape index (κ1) is 26.4. The summed E-state index contributed by atoms with van der Waals surface area (Å²) in [5, 5.41) is 0. The van der Waals surface area contributed by atoms with E-state index in [2.05, 4.69) is 18.0 Å². The number of esters is 1. The van der Waals surface area contributed by atoms with Gasteiger partial charge in [-0.1, -0.05) is 36.4 Å². The van der Waals surface area contributed by atoms with Crippen LogP contribution < -0.4 is 23.7 Å². The van der Waals surface area contributed by atoms with Crippen LogP contribution in [0.3, 0.4) is 0 Å². The van der Waals surface area contributed by atoms with Crippen LogP contribution in [0.4, 0.5) is 0 Å². The Morgan fingerprint density at radius 1 is 0.784 bits per heavy atom. The number of hydrogen-bond donors (Lipinski definition) is 0. The van der Waals surface area contributed by atoms with E-state index in [1.807, 2.05) is 48.5 Å². The second-order valence-electron chi connectivity index (χ2n) is 9.21. The Hall–Kier alpha value is -3.71. The number of ether oxygens (including phenoxy) is 5. The lowest BCUT2D eigenvalue weighted by molar-refractivity contribution is -0.137. The Bertz CT molecular complexity index is 1230. The largest absolute Gasteiger partial charge is 0.493 e. The van der Waals surface area contributed by atoms with Gasteiger partial charge >= 0.3 is 5.97 Å². The highest BCUT2D eigenvalue weighted by atomic mass is 16.5. The minimum absolute atomic E-state index is 0.267. The van der Waals surface area contributed by atoms with E-state index in [9.17, 15) is 4.79 Å². The molecule has 37 heavy (non-hydrogen) atoms. The van der Waals surface area contributed by atoms with Gasteiger partial charge in [0.15, 0.2) is 23.0 Å². The highest BCUT2D eigenvalue weighted by molar-refractivity contribution is 5.95. The third kappa shape index (κ3) is 5.23. The summed E-state index contributed by atoms with van der Waals surface area (Å²) < 4.78 is 27.6. The Kier molecular flexibility index (Phi) is 8.24. The van der Waals surface area contributed by atoms with Gasteiger partial charge in [0, 0.05) is 18.2 Å². The topological polar surface area (TPSA) is 66.5 Å². The molecule has 1 atom stereocenters. The SMILES string of the molecule is COc1ccc(CCN(C)CCC[C@]2(c3ccccc3)C(=O)Oc3cc(OC)c(OC)cc32)cc1OC. The summed E-state index contributed by atoms with van der Waals surface area (Å²) in [7, 11) is 8.56. The zero-order valence-corrected chi connectivity index (χ0v) is 22.2. The third-order valence-corrected chi connectivity index (χ3v) is 7.09. The van der Waals surface area contributed by atoms with E-state index < -0.39 is 5.41 Å². The van der Waals surface area contributed by atoms with Gasteiger partial charge in [0.25, 0.3) is 0 Å². The maximum absolute atomic E-state index is 13.5. The molecule has 1 aliphatic heterocycles. The lowest BCUT2D eigenvalue weighted by atomic mass is 9.72. The summed E-state index contributed by atoms with van der Waals surface area (Å²) in [6.45, 7) is 1.71. The standard InChI is InChI=1S/C30H35NO6/c1-31(17-14-21-12-13-24(33-2)26(18-21)34-3)16-9-15-30(22-10-7-6-8-11-22)23-19-27(35-4)28(36-5)20-25(23)37-29(30)32/h6-8,10-13,18-20H,9,14-17H2,1-5H3/t30-/m1/s1. The minimum Gasteiger partial charge on any atom is -0.493 e. The molecule has 7 heteroatoms. The van der Waals surface area contributed by atoms with Crippen molar-refractivity contribution >= 4 is 5.97 Å². The molecule has 0 aromatic heterocycles. The van der Waals surface area contributed by atoms with E-state index in [4.69, 9.17) is 23.7 Å². The van der Waals surface area contributed by atoms with Crippen molar-refractivity contribution in [3.63, 3.8) is 0 Å². The average molecular weight is 506 g/mol. The van der Waals surface area contributed by atoms with Crippen LogP contribution in [0.15, 0.2) is 60.7 Å². The van der Waals surface area contributed by atoms with Gasteiger partial charge in [-0.25, -0.2) is 0 Å². The normalized spacial score (nSPS) is 16.3. The second kappa shape index (κ2) is 11.6. The fourth-order valence-electron chi connectivity index (χ4n) is 5.03. The molecule has 0 bridgehead atoms. The molecule has 7 nitrogen and oxygen atoms in total. The van der Waals surface area contributed by atoms with Crippen molar-refractivity contribution in [2.24, 2.45) is 0 Å². The molecule has 0 radical (unpaired) electrons. The summed E-state index contributed by atoms with van der Waals surface area (Å²) in [4.78, 5) is 15.8. The number of nitrogens with zero attached hydrogens (tertiary/aromatic N) is 1. The van der Waals surface area contributed by atoms with Gasteiger partial charge in [-0.05, 0) is 62.2 Å². The first-order valence-electron chi connectivity index (χ1n) is 12.4. The van der Waals surface area contributed by atoms with Crippen LogP contribution in [0.25, 0.3) is 0 Å². The van der Waals surface area contributed by atoms with E-state index in [0.29, 0.717) is 23.7 Å². The molecular formula is C30H35NO6. The van der Waals surface area contributed by atoms with E-state index >= 15 is 0 Å². The molecule has 1 heterocycles. The molecule has 0 amide bonds. The third-order valence-electron chi connectivity index (χ3n) is 7.09. The van der Waals surface area contributed by atoms with E-state index in [1.54, 1.807) is 34.5 Å². The van der Waals surface area contributed by atoms with Crippen molar-refractivity contribution < 1.29 is 28.5 Å². The van der Waals surface area contributed by atoms with Crippen LogP contribution in [0.2, 0.25) is 0 Å². The van der Waals surface area contributed by atoms with Gasteiger partial charge in [-0.3, -0.25) is 4.79 Å². The number of benzene rings is 3. The monoisotopic (exact) mass is 505 g/mol. The predicted octanol–water partition coefficient (Wildman–Crippen LogP) is 4.88. The van der Waals surface area contributed by atoms with Gasteiger partial charge in [0.1, 0.15) is 11.2 Å². The van der Waals surface area contributed by atoms with Gasteiger partial charge in [0.05, 0.1) is 28.4 Å². The zero-order valence-electron chi connectivity index (χ0n) is 22.2. The molecule has 0 N–H and O–H groups in total. The molecule has 0 unspecified atom stereocenters. The quantitative estimate of drug-likeness (QED) is 0.257. The van der Waals surface area contributed by atoms with Crippen LogP contribution in [0.1, 0.15) is 29.5 Å².